The van der Waals surface area contributed by atoms with Gasteiger partial charge in [0, 0.05) is 12.8 Å². The summed E-state index contributed by atoms with van der Waals surface area (Å²) in [6.07, 6.45) is 13.8. The molecular weight excluding hydrogens is 440 g/mol. The zero-order valence-electron chi connectivity index (χ0n) is 22.7. The van der Waals surface area contributed by atoms with Crippen LogP contribution in [-0.2, 0) is 9.47 Å². The molecule has 2 fully saturated rings. The third-order valence-electron chi connectivity index (χ3n) is 7.88. The van der Waals surface area contributed by atoms with Gasteiger partial charge in [0.05, 0.1) is 30.0 Å². The lowest BCUT2D eigenvalue weighted by molar-refractivity contribution is -0.163. The van der Waals surface area contributed by atoms with Crippen LogP contribution in [0, 0.1) is 23.7 Å². The Balaban J connectivity index is 1.53. The van der Waals surface area contributed by atoms with Crippen LogP contribution in [-0.4, -0.2) is 57.5 Å². The second-order valence-electron chi connectivity index (χ2n) is 11.8. The molecule has 0 amide bonds. The minimum atomic E-state index is -0.937. The Bertz CT molecular complexity index is 819. The van der Waals surface area contributed by atoms with E-state index in [-0.39, 0.29) is 18.3 Å². The van der Waals surface area contributed by atoms with Crippen LogP contribution in [0.1, 0.15) is 74.1 Å². The van der Waals surface area contributed by atoms with E-state index in [0.717, 1.165) is 12.8 Å². The summed E-state index contributed by atoms with van der Waals surface area (Å²) in [6.45, 7) is 14.4. The van der Waals surface area contributed by atoms with E-state index >= 15 is 0 Å². The van der Waals surface area contributed by atoms with Crippen LogP contribution in [0.3, 0.4) is 0 Å². The van der Waals surface area contributed by atoms with Crippen molar-refractivity contribution in [1.29, 1.82) is 0 Å². The summed E-state index contributed by atoms with van der Waals surface area (Å²) < 4.78 is 12.3. The van der Waals surface area contributed by atoms with Gasteiger partial charge in [0.25, 0.3) is 0 Å². The van der Waals surface area contributed by atoms with Crippen molar-refractivity contribution in [3.63, 3.8) is 0 Å². The predicted molar refractivity (Wildman–Crippen MR) is 141 cm³/mol. The Kier molecular flexibility index (Phi) is 9.61. The predicted octanol–water partition coefficient (Wildman–Crippen LogP) is 5.12. The molecule has 10 atom stereocenters. The Labute approximate surface area is 212 Å². The van der Waals surface area contributed by atoms with E-state index in [1.165, 1.54) is 11.1 Å². The van der Waals surface area contributed by atoms with Crippen molar-refractivity contribution in [2.45, 2.75) is 116 Å². The first-order chi connectivity index (χ1) is 16.4. The van der Waals surface area contributed by atoms with Gasteiger partial charge in [-0.2, -0.15) is 0 Å². The monoisotopic (exact) mass is 488 g/mol. The number of hydrogen-bond donors (Lipinski definition) is 3. The topological polar surface area (TPSA) is 79.2 Å². The maximum absolute atomic E-state index is 10.4. The molecule has 1 saturated heterocycles. The minimum Gasteiger partial charge on any atom is -0.390 e. The zero-order chi connectivity index (χ0) is 25.9. The van der Waals surface area contributed by atoms with Crippen LogP contribution >= 0.6 is 0 Å². The number of hydrogen-bond acceptors (Lipinski definition) is 5. The van der Waals surface area contributed by atoms with Crippen LogP contribution in [0.15, 0.2) is 47.6 Å². The van der Waals surface area contributed by atoms with Crippen molar-refractivity contribution in [3.8, 4) is 0 Å². The van der Waals surface area contributed by atoms with E-state index in [0.29, 0.717) is 36.5 Å². The molecule has 1 aliphatic carbocycles. The molecule has 1 saturated carbocycles. The van der Waals surface area contributed by atoms with Crippen LogP contribution in [0.25, 0.3) is 0 Å². The van der Waals surface area contributed by atoms with Gasteiger partial charge in [-0.1, -0.05) is 57.2 Å². The van der Waals surface area contributed by atoms with Crippen LogP contribution in [0.5, 0.6) is 0 Å². The molecule has 0 radical (unpaired) electrons. The summed E-state index contributed by atoms with van der Waals surface area (Å²) in [5, 5.41) is 30.8. The lowest BCUT2D eigenvalue weighted by atomic mass is 9.91. The van der Waals surface area contributed by atoms with Crippen molar-refractivity contribution in [1.82, 2.24) is 0 Å². The number of rotatable bonds is 9. The van der Waals surface area contributed by atoms with E-state index in [1.54, 1.807) is 13.8 Å². The number of aliphatic hydroxyl groups excluding tert-OH is 2. The first kappa shape index (κ1) is 28.3. The third-order valence-corrected chi connectivity index (χ3v) is 7.88. The van der Waals surface area contributed by atoms with Gasteiger partial charge in [-0.15, -0.1) is 0 Å². The van der Waals surface area contributed by atoms with Crippen LogP contribution in [0.2, 0.25) is 0 Å². The normalized spacial score (nSPS) is 39.8. The fourth-order valence-corrected chi connectivity index (χ4v) is 5.58. The lowest BCUT2D eigenvalue weighted by Crippen LogP contribution is -2.48. The third kappa shape index (κ3) is 7.87. The molecule has 2 aliphatic heterocycles. The molecule has 0 aromatic carbocycles. The van der Waals surface area contributed by atoms with Crippen molar-refractivity contribution < 1.29 is 24.8 Å². The first-order valence-electron chi connectivity index (χ1n) is 13.5. The van der Waals surface area contributed by atoms with E-state index < -0.39 is 23.9 Å². The highest BCUT2D eigenvalue weighted by atomic mass is 16.5. The molecule has 0 bridgehead atoms. The summed E-state index contributed by atoms with van der Waals surface area (Å²) in [7, 11) is 0. The van der Waals surface area contributed by atoms with Gasteiger partial charge in [-0.25, -0.2) is 0 Å². The Hall–Kier alpha value is -1.24. The van der Waals surface area contributed by atoms with Gasteiger partial charge in [0.15, 0.2) is 0 Å². The SMILES string of the molecule is CC[C@H]1O[C@@H](/C(C)=C/[C@H](C)/C=C/[C@H]2[C@@H](C)[C@@H]2/C=C/[C@@H]2O[C@H](CC(C)(C)O)C[C@H](O)[C@H]2O)CC=C1C. The van der Waals surface area contributed by atoms with E-state index in [2.05, 4.69) is 65.0 Å². The van der Waals surface area contributed by atoms with Crippen molar-refractivity contribution >= 4 is 0 Å². The molecule has 3 N–H and O–H groups in total. The quantitative estimate of drug-likeness (QED) is 0.393. The van der Waals surface area contributed by atoms with Crippen molar-refractivity contribution in [2.24, 2.45) is 23.7 Å². The molecule has 3 aliphatic rings. The maximum Gasteiger partial charge on any atom is 0.110 e. The molecule has 5 heteroatoms. The van der Waals surface area contributed by atoms with Crippen molar-refractivity contribution in [3.05, 3.63) is 47.6 Å². The highest BCUT2D eigenvalue weighted by molar-refractivity contribution is 5.20. The molecule has 198 valence electrons. The van der Waals surface area contributed by atoms with Crippen LogP contribution < -0.4 is 0 Å². The van der Waals surface area contributed by atoms with Gasteiger partial charge in [0.1, 0.15) is 12.2 Å². The minimum absolute atomic E-state index is 0.174. The smallest absolute Gasteiger partial charge is 0.110 e. The average molecular weight is 489 g/mol. The molecule has 5 nitrogen and oxygen atoms in total. The van der Waals surface area contributed by atoms with Crippen molar-refractivity contribution in [2.75, 3.05) is 0 Å². The van der Waals surface area contributed by atoms with E-state index in [1.807, 2.05) is 6.08 Å². The molecule has 0 aromatic rings. The molecule has 0 aromatic heterocycles. The second kappa shape index (κ2) is 11.9. The average Bonchev–Trinajstić information content (AvgIpc) is 3.40. The van der Waals surface area contributed by atoms with Gasteiger partial charge in [-0.05, 0) is 75.4 Å². The van der Waals surface area contributed by atoms with Gasteiger partial charge < -0.3 is 24.8 Å². The summed E-state index contributed by atoms with van der Waals surface area (Å²) >= 11 is 0. The molecule has 3 rings (SSSR count). The Morgan fingerprint density at radius 3 is 2.51 bits per heavy atom. The number of aliphatic hydroxyl groups is 3. The van der Waals surface area contributed by atoms with Gasteiger partial charge >= 0.3 is 0 Å². The van der Waals surface area contributed by atoms with Gasteiger partial charge in [0.2, 0.25) is 0 Å². The standard InChI is InChI=1S/C30H48O5/c1-8-26-19(3)10-13-27(35-26)20(4)15-18(2)9-11-23-21(5)24(23)12-14-28-29(32)25(31)16-22(34-28)17-30(6,7)33/h9-12,14-15,18,21-29,31-33H,8,13,16-17H2,1-7H3/b11-9+,14-12+,20-15+/t18-,21-,22+,23+,24+,25+,26-,27-,28+,29-/m1/s1. The summed E-state index contributed by atoms with van der Waals surface area (Å²) in [5.41, 5.74) is 1.77. The molecular formula is C30H48O5. The van der Waals surface area contributed by atoms with E-state index in [4.69, 9.17) is 9.47 Å². The summed E-state index contributed by atoms with van der Waals surface area (Å²) in [6, 6.07) is 0. The molecule has 35 heavy (non-hydrogen) atoms. The summed E-state index contributed by atoms with van der Waals surface area (Å²) in [5.74, 6) is 1.76. The van der Waals surface area contributed by atoms with E-state index in [9.17, 15) is 15.3 Å². The Morgan fingerprint density at radius 2 is 1.86 bits per heavy atom. The second-order valence-corrected chi connectivity index (χ2v) is 11.8. The first-order valence-corrected chi connectivity index (χ1v) is 13.5. The Morgan fingerprint density at radius 1 is 1.17 bits per heavy atom. The zero-order valence-corrected chi connectivity index (χ0v) is 22.7. The molecule has 2 heterocycles. The summed E-state index contributed by atoms with van der Waals surface area (Å²) in [4.78, 5) is 0. The van der Waals surface area contributed by atoms with Gasteiger partial charge in [-0.3, -0.25) is 0 Å². The molecule has 0 unspecified atom stereocenters. The van der Waals surface area contributed by atoms with Crippen LogP contribution in [0.4, 0.5) is 0 Å². The fraction of sp³-hybridized carbons (Fsp3) is 0.733. The largest absolute Gasteiger partial charge is 0.390 e. The number of allylic oxidation sites excluding steroid dienone is 4. The number of ether oxygens (including phenoxy) is 2. The fourth-order valence-electron chi connectivity index (χ4n) is 5.58. The highest BCUT2D eigenvalue weighted by Gasteiger charge is 2.43. The lowest BCUT2D eigenvalue weighted by Gasteiger charge is -2.38. The highest BCUT2D eigenvalue weighted by Crippen LogP contribution is 2.48. The molecule has 0 spiro atoms. The maximum atomic E-state index is 10.4.